The predicted molar refractivity (Wildman–Crippen MR) is 75.2 cm³/mol. The largest absolute Gasteiger partial charge is 0.481 e. The standard InChI is InChI=1S/C13H27N3O3/c1-9(2)16(5)8-6-7-14-13(19)15-11(4)10(3)12(17)18/h9-11H,6-8H2,1-5H3,(H,17,18)(H2,14,15,19). The maximum atomic E-state index is 11.5. The third kappa shape index (κ3) is 7.66. The molecule has 6 heteroatoms. The predicted octanol–water partition coefficient (Wildman–Crippen LogP) is 1.13. The van der Waals surface area contributed by atoms with E-state index in [1.807, 2.05) is 7.05 Å². The Bertz CT molecular complexity index is 295. The van der Waals surface area contributed by atoms with Crippen LogP contribution in [-0.4, -0.2) is 54.2 Å². The molecule has 0 rings (SSSR count). The van der Waals surface area contributed by atoms with Crippen molar-refractivity contribution in [1.82, 2.24) is 15.5 Å². The number of carboxylic acid groups (broad SMARTS) is 1. The van der Waals surface area contributed by atoms with Gasteiger partial charge in [-0.15, -0.1) is 0 Å². The van der Waals surface area contributed by atoms with Crippen LogP contribution in [0.3, 0.4) is 0 Å². The average molecular weight is 273 g/mol. The van der Waals surface area contributed by atoms with Crippen molar-refractivity contribution < 1.29 is 14.7 Å². The molecular weight excluding hydrogens is 246 g/mol. The first-order valence-corrected chi connectivity index (χ1v) is 6.73. The second-order valence-corrected chi connectivity index (χ2v) is 5.24. The topological polar surface area (TPSA) is 81.7 Å². The number of nitrogens with one attached hydrogen (secondary N) is 2. The van der Waals surface area contributed by atoms with E-state index in [9.17, 15) is 9.59 Å². The maximum Gasteiger partial charge on any atom is 0.315 e. The van der Waals surface area contributed by atoms with Crippen molar-refractivity contribution >= 4 is 12.0 Å². The lowest BCUT2D eigenvalue weighted by Gasteiger charge is -2.21. The van der Waals surface area contributed by atoms with E-state index >= 15 is 0 Å². The highest BCUT2D eigenvalue weighted by Crippen LogP contribution is 2.01. The Labute approximate surface area is 115 Å². The second kappa shape index (κ2) is 8.74. The van der Waals surface area contributed by atoms with Crippen LogP contribution in [0.25, 0.3) is 0 Å². The first-order valence-electron chi connectivity index (χ1n) is 6.73. The fourth-order valence-electron chi connectivity index (χ4n) is 1.39. The molecule has 0 bridgehead atoms. The number of amides is 2. The molecule has 0 aromatic rings. The highest BCUT2D eigenvalue weighted by molar-refractivity contribution is 5.76. The summed E-state index contributed by atoms with van der Waals surface area (Å²) in [6, 6.07) is -0.214. The van der Waals surface area contributed by atoms with Crippen molar-refractivity contribution in [3.8, 4) is 0 Å². The van der Waals surface area contributed by atoms with Crippen LogP contribution in [0.1, 0.15) is 34.1 Å². The molecule has 2 atom stereocenters. The normalized spacial score (nSPS) is 14.3. The fraction of sp³-hybridized carbons (Fsp3) is 0.846. The molecule has 0 aliphatic rings. The van der Waals surface area contributed by atoms with Crippen molar-refractivity contribution in [2.75, 3.05) is 20.1 Å². The first kappa shape index (κ1) is 17.7. The molecule has 0 saturated heterocycles. The van der Waals surface area contributed by atoms with E-state index in [0.29, 0.717) is 12.6 Å². The van der Waals surface area contributed by atoms with E-state index in [-0.39, 0.29) is 6.03 Å². The molecule has 19 heavy (non-hydrogen) atoms. The third-order valence-electron chi connectivity index (χ3n) is 3.35. The van der Waals surface area contributed by atoms with E-state index in [4.69, 9.17) is 5.11 Å². The summed E-state index contributed by atoms with van der Waals surface area (Å²) in [6.45, 7) is 9.00. The maximum absolute atomic E-state index is 11.5. The highest BCUT2D eigenvalue weighted by atomic mass is 16.4. The van der Waals surface area contributed by atoms with Gasteiger partial charge in [0.2, 0.25) is 0 Å². The van der Waals surface area contributed by atoms with Gasteiger partial charge in [0.05, 0.1) is 5.92 Å². The lowest BCUT2D eigenvalue weighted by Crippen LogP contribution is -2.45. The molecule has 0 aromatic carbocycles. The van der Waals surface area contributed by atoms with Crippen LogP contribution in [0.5, 0.6) is 0 Å². The molecule has 0 saturated carbocycles. The molecule has 112 valence electrons. The second-order valence-electron chi connectivity index (χ2n) is 5.24. The Morgan fingerprint density at radius 3 is 2.26 bits per heavy atom. The number of hydrogen-bond donors (Lipinski definition) is 3. The minimum atomic E-state index is -0.911. The van der Waals surface area contributed by atoms with Gasteiger partial charge in [-0.25, -0.2) is 4.79 Å². The van der Waals surface area contributed by atoms with E-state index in [1.165, 1.54) is 0 Å². The number of aliphatic carboxylic acids is 1. The molecule has 6 nitrogen and oxygen atoms in total. The number of carbonyl (C=O) groups is 2. The number of rotatable bonds is 8. The third-order valence-corrected chi connectivity index (χ3v) is 3.35. The summed E-state index contributed by atoms with van der Waals surface area (Å²) in [5, 5.41) is 14.2. The molecule has 0 fully saturated rings. The molecule has 0 spiro atoms. The summed E-state index contributed by atoms with van der Waals surface area (Å²) in [7, 11) is 2.04. The van der Waals surface area contributed by atoms with Crippen LogP contribution in [0.4, 0.5) is 4.79 Å². The Morgan fingerprint density at radius 2 is 1.79 bits per heavy atom. The van der Waals surface area contributed by atoms with Crippen molar-refractivity contribution in [3.05, 3.63) is 0 Å². The van der Waals surface area contributed by atoms with Gasteiger partial charge >= 0.3 is 12.0 Å². The van der Waals surface area contributed by atoms with Crippen molar-refractivity contribution in [1.29, 1.82) is 0 Å². The van der Waals surface area contributed by atoms with Gasteiger partial charge in [-0.3, -0.25) is 4.79 Å². The van der Waals surface area contributed by atoms with Gasteiger partial charge in [-0.2, -0.15) is 0 Å². The van der Waals surface area contributed by atoms with Gasteiger partial charge in [-0.05, 0) is 47.7 Å². The molecule has 2 amide bonds. The zero-order valence-corrected chi connectivity index (χ0v) is 12.6. The van der Waals surface area contributed by atoms with Crippen molar-refractivity contribution in [2.45, 2.75) is 46.2 Å². The molecule has 0 heterocycles. The minimum Gasteiger partial charge on any atom is -0.481 e. The summed E-state index contributed by atoms with van der Waals surface area (Å²) < 4.78 is 0. The van der Waals surface area contributed by atoms with Gasteiger partial charge in [0.1, 0.15) is 0 Å². The van der Waals surface area contributed by atoms with Crippen molar-refractivity contribution in [2.24, 2.45) is 5.92 Å². The molecule has 0 aliphatic heterocycles. The van der Waals surface area contributed by atoms with Crippen LogP contribution in [0.2, 0.25) is 0 Å². The summed E-state index contributed by atoms with van der Waals surface area (Å²) in [5.41, 5.74) is 0. The van der Waals surface area contributed by atoms with Crippen LogP contribution < -0.4 is 10.6 Å². The van der Waals surface area contributed by atoms with Crippen LogP contribution in [0, 0.1) is 5.92 Å². The van der Waals surface area contributed by atoms with Gasteiger partial charge in [0.15, 0.2) is 0 Å². The zero-order chi connectivity index (χ0) is 15.0. The molecule has 0 radical (unpaired) electrons. The van der Waals surface area contributed by atoms with Gasteiger partial charge in [0.25, 0.3) is 0 Å². The van der Waals surface area contributed by atoms with Crippen LogP contribution in [-0.2, 0) is 4.79 Å². The Kier molecular flexibility index (Phi) is 8.14. The Morgan fingerprint density at radius 1 is 1.21 bits per heavy atom. The van der Waals surface area contributed by atoms with Gasteiger partial charge in [-0.1, -0.05) is 0 Å². The number of urea groups is 1. The lowest BCUT2D eigenvalue weighted by molar-refractivity contribution is -0.141. The van der Waals surface area contributed by atoms with Crippen LogP contribution in [0.15, 0.2) is 0 Å². The molecule has 0 aliphatic carbocycles. The van der Waals surface area contributed by atoms with E-state index in [2.05, 4.69) is 29.4 Å². The molecule has 2 unspecified atom stereocenters. The number of carbonyl (C=O) groups excluding carboxylic acids is 1. The highest BCUT2D eigenvalue weighted by Gasteiger charge is 2.20. The molecule has 0 aromatic heterocycles. The van der Waals surface area contributed by atoms with Crippen LogP contribution >= 0.6 is 0 Å². The number of carboxylic acids is 1. The summed E-state index contributed by atoms with van der Waals surface area (Å²) in [6.07, 6.45) is 0.866. The number of nitrogens with zero attached hydrogens (tertiary/aromatic N) is 1. The average Bonchev–Trinajstić information content (AvgIpc) is 2.32. The molecular formula is C13H27N3O3. The molecule has 3 N–H and O–H groups in total. The first-order chi connectivity index (χ1) is 8.75. The van der Waals surface area contributed by atoms with E-state index in [1.54, 1.807) is 13.8 Å². The van der Waals surface area contributed by atoms with Crippen molar-refractivity contribution in [3.63, 3.8) is 0 Å². The minimum absolute atomic E-state index is 0.312. The number of hydrogen-bond acceptors (Lipinski definition) is 3. The van der Waals surface area contributed by atoms with E-state index < -0.39 is 17.9 Å². The van der Waals surface area contributed by atoms with Gasteiger partial charge in [0, 0.05) is 18.6 Å². The lowest BCUT2D eigenvalue weighted by atomic mass is 10.0. The van der Waals surface area contributed by atoms with E-state index in [0.717, 1.165) is 13.0 Å². The Balaban J connectivity index is 3.79. The zero-order valence-electron chi connectivity index (χ0n) is 12.6. The summed E-state index contributed by atoms with van der Waals surface area (Å²) in [5.74, 6) is -1.51. The summed E-state index contributed by atoms with van der Waals surface area (Å²) >= 11 is 0. The quantitative estimate of drug-likeness (QED) is 0.579. The summed E-state index contributed by atoms with van der Waals surface area (Å²) in [4.78, 5) is 24.5. The SMILES string of the molecule is CC(NC(=O)NCCCN(C)C(C)C)C(C)C(=O)O. The fourth-order valence-corrected chi connectivity index (χ4v) is 1.39. The monoisotopic (exact) mass is 273 g/mol. The smallest absolute Gasteiger partial charge is 0.315 e. The Hall–Kier alpha value is -1.30. The van der Waals surface area contributed by atoms with Gasteiger partial charge < -0.3 is 20.6 Å².